The van der Waals surface area contributed by atoms with Crippen molar-refractivity contribution in [1.82, 2.24) is 0 Å². The lowest BCUT2D eigenvalue weighted by molar-refractivity contribution is 0.798. The SMILES string of the molecule is CN1CC(Cl)CN=C(c2cccc(Cl)c2Cl)c2cc(Cl)ccc21. The summed E-state index contributed by atoms with van der Waals surface area (Å²) in [5, 5.41) is 1.53. The van der Waals surface area contributed by atoms with E-state index >= 15 is 0 Å². The van der Waals surface area contributed by atoms with Crippen molar-refractivity contribution in [3.05, 3.63) is 62.6 Å². The Balaban J connectivity index is 2.25. The zero-order valence-corrected chi connectivity index (χ0v) is 15.4. The van der Waals surface area contributed by atoms with Crippen molar-refractivity contribution in [1.29, 1.82) is 0 Å². The van der Waals surface area contributed by atoms with E-state index in [1.54, 1.807) is 6.07 Å². The Hall–Kier alpha value is -0.930. The summed E-state index contributed by atoms with van der Waals surface area (Å²) in [5.41, 5.74) is 3.47. The standard InChI is InChI=1S/C17H14Cl4N2/c1-23-9-11(19)8-22-17(12-3-2-4-14(20)16(12)21)13-7-10(18)5-6-15(13)23/h2-7,11H,8-9H2,1H3. The molecule has 2 aromatic rings. The summed E-state index contributed by atoms with van der Waals surface area (Å²) in [6.07, 6.45) is 0. The number of benzene rings is 2. The highest BCUT2D eigenvalue weighted by Gasteiger charge is 2.22. The monoisotopic (exact) mass is 386 g/mol. The molecule has 120 valence electrons. The molecule has 0 saturated heterocycles. The van der Waals surface area contributed by atoms with Crippen molar-refractivity contribution < 1.29 is 0 Å². The fourth-order valence-electron chi connectivity index (χ4n) is 2.68. The van der Waals surface area contributed by atoms with Crippen LogP contribution in [0.1, 0.15) is 11.1 Å². The Morgan fingerprint density at radius 2 is 1.87 bits per heavy atom. The van der Waals surface area contributed by atoms with Crippen LogP contribution in [0.5, 0.6) is 0 Å². The summed E-state index contributed by atoms with van der Waals surface area (Å²) in [6.45, 7) is 1.20. The van der Waals surface area contributed by atoms with Gasteiger partial charge in [-0.05, 0) is 24.3 Å². The predicted molar refractivity (Wildman–Crippen MR) is 101 cm³/mol. The largest absolute Gasteiger partial charge is 0.372 e. The second-order valence-electron chi connectivity index (χ2n) is 5.43. The third-order valence-electron chi connectivity index (χ3n) is 3.75. The lowest BCUT2D eigenvalue weighted by Crippen LogP contribution is -2.31. The van der Waals surface area contributed by atoms with E-state index in [0.29, 0.717) is 28.2 Å². The number of aliphatic imine (C=N–C) groups is 1. The maximum Gasteiger partial charge on any atom is 0.0756 e. The van der Waals surface area contributed by atoms with Crippen molar-refractivity contribution in [3.63, 3.8) is 0 Å². The number of halogens is 4. The summed E-state index contributed by atoms with van der Waals surface area (Å²) in [7, 11) is 2.00. The van der Waals surface area contributed by atoms with Gasteiger partial charge in [-0.2, -0.15) is 0 Å². The van der Waals surface area contributed by atoms with Gasteiger partial charge in [0.2, 0.25) is 0 Å². The number of alkyl halides is 1. The minimum Gasteiger partial charge on any atom is -0.372 e. The van der Waals surface area contributed by atoms with Gasteiger partial charge in [-0.1, -0.05) is 46.9 Å². The first kappa shape index (κ1) is 16.9. The third kappa shape index (κ3) is 3.46. The maximum absolute atomic E-state index is 6.41. The predicted octanol–water partition coefficient (Wildman–Crippen LogP) is 5.54. The Bertz CT molecular complexity index is 773. The molecular formula is C17H14Cl4N2. The van der Waals surface area contributed by atoms with Crippen LogP contribution >= 0.6 is 46.4 Å². The minimum atomic E-state index is -0.0863. The normalized spacial score (nSPS) is 18.0. The molecule has 3 rings (SSSR count). The average molecular weight is 388 g/mol. The zero-order valence-electron chi connectivity index (χ0n) is 12.4. The summed E-state index contributed by atoms with van der Waals surface area (Å²) >= 11 is 25.2. The van der Waals surface area contributed by atoms with Crippen LogP contribution in [0.3, 0.4) is 0 Å². The molecule has 0 N–H and O–H groups in total. The molecule has 0 amide bonds. The van der Waals surface area contributed by atoms with Gasteiger partial charge in [0, 0.05) is 35.4 Å². The van der Waals surface area contributed by atoms with Crippen molar-refractivity contribution in [3.8, 4) is 0 Å². The molecule has 1 aliphatic rings. The van der Waals surface area contributed by atoms with Gasteiger partial charge in [0.1, 0.15) is 0 Å². The van der Waals surface area contributed by atoms with Crippen molar-refractivity contribution >= 4 is 57.8 Å². The van der Waals surface area contributed by atoms with Crippen LogP contribution < -0.4 is 4.90 Å². The topological polar surface area (TPSA) is 15.6 Å². The van der Waals surface area contributed by atoms with Crippen LogP contribution in [0.25, 0.3) is 0 Å². The van der Waals surface area contributed by atoms with Gasteiger partial charge in [0.15, 0.2) is 0 Å². The summed E-state index contributed by atoms with van der Waals surface area (Å²) in [6, 6.07) is 11.3. The number of nitrogens with zero attached hydrogens (tertiary/aromatic N) is 2. The van der Waals surface area contributed by atoms with Crippen LogP contribution in [-0.4, -0.2) is 31.2 Å². The summed E-state index contributed by atoms with van der Waals surface area (Å²) in [5.74, 6) is 0. The Morgan fingerprint density at radius 3 is 2.65 bits per heavy atom. The maximum atomic E-state index is 6.41. The minimum absolute atomic E-state index is 0.0863. The fraction of sp³-hybridized carbons (Fsp3) is 0.235. The number of hydrogen-bond acceptors (Lipinski definition) is 2. The summed E-state index contributed by atoms with van der Waals surface area (Å²) < 4.78 is 0. The molecule has 2 nitrogen and oxygen atoms in total. The second kappa shape index (κ2) is 6.90. The first-order valence-electron chi connectivity index (χ1n) is 7.11. The van der Waals surface area contributed by atoms with Gasteiger partial charge in [-0.15, -0.1) is 11.6 Å². The average Bonchev–Trinajstić information content (AvgIpc) is 2.50. The molecular weight excluding hydrogens is 374 g/mol. The molecule has 6 heteroatoms. The molecule has 0 saturated carbocycles. The molecule has 0 aliphatic carbocycles. The fourth-order valence-corrected chi connectivity index (χ4v) is 3.51. The third-order valence-corrected chi connectivity index (χ3v) is 5.08. The summed E-state index contributed by atoms with van der Waals surface area (Å²) in [4.78, 5) is 6.82. The molecule has 1 atom stereocenters. The van der Waals surface area contributed by atoms with Crippen LogP contribution in [0, 0.1) is 0 Å². The second-order valence-corrected chi connectivity index (χ2v) is 7.27. The van der Waals surface area contributed by atoms with Gasteiger partial charge >= 0.3 is 0 Å². The van der Waals surface area contributed by atoms with Gasteiger partial charge in [-0.3, -0.25) is 4.99 Å². The first-order chi connectivity index (χ1) is 11.0. The van der Waals surface area contributed by atoms with Crippen molar-refractivity contribution in [2.24, 2.45) is 4.99 Å². The lowest BCUT2D eigenvalue weighted by Gasteiger charge is -2.28. The molecule has 0 fully saturated rings. The van der Waals surface area contributed by atoms with E-state index in [1.165, 1.54) is 0 Å². The smallest absolute Gasteiger partial charge is 0.0756 e. The van der Waals surface area contributed by atoms with Gasteiger partial charge in [-0.25, -0.2) is 0 Å². The molecule has 0 radical (unpaired) electrons. The van der Waals surface area contributed by atoms with E-state index in [1.807, 2.05) is 37.4 Å². The van der Waals surface area contributed by atoms with Gasteiger partial charge in [0.05, 0.1) is 27.7 Å². The van der Waals surface area contributed by atoms with Crippen LogP contribution in [0.15, 0.2) is 41.4 Å². The van der Waals surface area contributed by atoms with Crippen LogP contribution in [-0.2, 0) is 0 Å². The van der Waals surface area contributed by atoms with Crippen molar-refractivity contribution in [2.75, 3.05) is 25.0 Å². The highest BCUT2D eigenvalue weighted by atomic mass is 35.5. The van der Waals surface area contributed by atoms with Gasteiger partial charge < -0.3 is 4.90 Å². The number of fused-ring (bicyclic) bond motifs is 1. The Kier molecular flexibility index (Phi) is 5.07. The van der Waals surface area contributed by atoms with E-state index in [9.17, 15) is 0 Å². The van der Waals surface area contributed by atoms with E-state index in [-0.39, 0.29) is 5.38 Å². The van der Waals surface area contributed by atoms with Crippen molar-refractivity contribution in [2.45, 2.75) is 5.38 Å². The molecule has 0 aromatic heterocycles. The molecule has 1 unspecified atom stereocenters. The molecule has 0 bridgehead atoms. The molecule has 1 aliphatic heterocycles. The molecule has 0 spiro atoms. The number of hydrogen-bond donors (Lipinski definition) is 0. The van der Waals surface area contributed by atoms with E-state index in [0.717, 1.165) is 22.5 Å². The Morgan fingerprint density at radius 1 is 1.09 bits per heavy atom. The molecule has 23 heavy (non-hydrogen) atoms. The van der Waals surface area contributed by atoms with E-state index in [2.05, 4.69) is 4.90 Å². The molecule has 2 aromatic carbocycles. The first-order valence-corrected chi connectivity index (χ1v) is 8.68. The molecule has 1 heterocycles. The van der Waals surface area contributed by atoms with E-state index < -0.39 is 0 Å². The Labute approximate surface area is 155 Å². The lowest BCUT2D eigenvalue weighted by atomic mass is 9.99. The highest BCUT2D eigenvalue weighted by Crippen LogP contribution is 2.33. The van der Waals surface area contributed by atoms with Gasteiger partial charge in [0.25, 0.3) is 0 Å². The van der Waals surface area contributed by atoms with E-state index in [4.69, 9.17) is 51.4 Å². The number of anilines is 1. The zero-order chi connectivity index (χ0) is 16.6. The quantitative estimate of drug-likeness (QED) is 0.586. The highest BCUT2D eigenvalue weighted by molar-refractivity contribution is 6.44. The van der Waals surface area contributed by atoms with Crippen LogP contribution in [0.4, 0.5) is 5.69 Å². The van der Waals surface area contributed by atoms with Crippen LogP contribution in [0.2, 0.25) is 15.1 Å². The number of rotatable bonds is 1.